The minimum absolute atomic E-state index is 0.0644. The molecule has 0 spiro atoms. The molecule has 0 bridgehead atoms. The molecule has 1 aliphatic carbocycles. The van der Waals surface area contributed by atoms with Crippen LogP contribution in [0, 0.1) is 24.6 Å². The Hall–Kier alpha value is -2.50. The zero-order valence-electron chi connectivity index (χ0n) is 13.0. The Bertz CT molecular complexity index is 773. The van der Waals surface area contributed by atoms with Gasteiger partial charge < -0.3 is 10.2 Å². The molecular weight excluding hydrogens is 295 g/mol. The van der Waals surface area contributed by atoms with E-state index in [1.54, 1.807) is 0 Å². The number of nitrogens with one attached hydrogen (secondary N) is 1. The predicted molar refractivity (Wildman–Crippen MR) is 84.3 cm³/mol. The number of hydrogen-bond donors (Lipinski definition) is 1. The summed E-state index contributed by atoms with van der Waals surface area (Å²) in [5.74, 6) is 1.30. The topological polar surface area (TPSA) is 58.1 Å². The standard InChI is InChI=1S/C17H17FN4O/c1-9-3-4-12(5-13(9)16-19-6-11(18)7-20-16)21-17(23)22-8-14-10(2)15(14)22/h3-7,10,14-15H,8H2,1-2H3,(H,21,23)/t10-,14?,15?/m0/s1. The highest BCUT2D eigenvalue weighted by atomic mass is 19.1. The molecule has 2 aliphatic rings. The fourth-order valence-corrected chi connectivity index (χ4v) is 3.33. The smallest absolute Gasteiger partial charge is 0.321 e. The largest absolute Gasteiger partial charge is 0.322 e. The van der Waals surface area contributed by atoms with Gasteiger partial charge in [-0.25, -0.2) is 19.2 Å². The molecule has 4 rings (SSSR count). The molecule has 1 aromatic carbocycles. The second kappa shape index (κ2) is 5.01. The normalized spacial score (nSPS) is 24.7. The van der Waals surface area contributed by atoms with Crippen molar-refractivity contribution in [3.63, 3.8) is 0 Å². The van der Waals surface area contributed by atoms with Gasteiger partial charge in [0.2, 0.25) is 0 Å². The van der Waals surface area contributed by atoms with E-state index in [4.69, 9.17) is 0 Å². The fourth-order valence-electron chi connectivity index (χ4n) is 3.33. The summed E-state index contributed by atoms with van der Waals surface area (Å²) in [5, 5.41) is 2.93. The number of fused-ring (bicyclic) bond motifs is 1. The van der Waals surface area contributed by atoms with Crippen LogP contribution >= 0.6 is 0 Å². The summed E-state index contributed by atoms with van der Waals surface area (Å²) in [4.78, 5) is 22.2. The van der Waals surface area contributed by atoms with Crippen LogP contribution in [0.4, 0.5) is 14.9 Å². The van der Waals surface area contributed by atoms with E-state index in [0.29, 0.717) is 29.4 Å². The van der Waals surface area contributed by atoms with Gasteiger partial charge in [0.1, 0.15) is 0 Å². The van der Waals surface area contributed by atoms with Crippen molar-refractivity contribution >= 4 is 11.7 Å². The number of rotatable bonds is 2. The molecule has 2 amide bonds. The van der Waals surface area contributed by atoms with Gasteiger partial charge in [0.05, 0.1) is 12.4 Å². The number of benzene rings is 1. The molecule has 1 N–H and O–H groups in total. The number of hydrogen-bond acceptors (Lipinski definition) is 3. The number of nitrogens with zero attached hydrogens (tertiary/aromatic N) is 3. The molecule has 23 heavy (non-hydrogen) atoms. The van der Waals surface area contributed by atoms with Gasteiger partial charge in [-0.1, -0.05) is 13.0 Å². The number of amides is 2. The molecule has 2 unspecified atom stereocenters. The lowest BCUT2D eigenvalue weighted by Gasteiger charge is -2.30. The van der Waals surface area contributed by atoms with E-state index in [1.165, 1.54) is 0 Å². The van der Waals surface area contributed by atoms with E-state index in [2.05, 4.69) is 22.2 Å². The zero-order valence-corrected chi connectivity index (χ0v) is 13.0. The third kappa shape index (κ3) is 2.34. The molecule has 2 aromatic rings. The van der Waals surface area contributed by atoms with Gasteiger partial charge in [-0.2, -0.15) is 0 Å². The molecule has 1 saturated heterocycles. The van der Waals surface area contributed by atoms with E-state index in [9.17, 15) is 9.18 Å². The van der Waals surface area contributed by atoms with Gasteiger partial charge in [0.25, 0.3) is 0 Å². The zero-order chi connectivity index (χ0) is 16.1. The summed E-state index contributed by atoms with van der Waals surface area (Å²) in [6.07, 6.45) is 2.28. The molecule has 6 heteroatoms. The number of aromatic nitrogens is 2. The maximum Gasteiger partial charge on any atom is 0.322 e. The molecule has 1 saturated carbocycles. The van der Waals surface area contributed by atoms with Gasteiger partial charge in [0, 0.05) is 29.8 Å². The molecule has 118 valence electrons. The molecular formula is C17H17FN4O. The molecule has 2 fully saturated rings. The lowest BCUT2D eigenvalue weighted by Crippen LogP contribution is -2.46. The first-order chi connectivity index (χ1) is 11.0. The molecule has 5 nitrogen and oxygen atoms in total. The number of carbonyl (C=O) groups excluding carboxylic acids is 1. The molecule has 3 atom stereocenters. The Morgan fingerprint density at radius 1 is 1.35 bits per heavy atom. The number of carbonyl (C=O) groups is 1. The molecule has 1 aliphatic heterocycles. The monoisotopic (exact) mass is 312 g/mol. The molecule has 1 aromatic heterocycles. The molecule has 0 radical (unpaired) electrons. The second-order valence-electron chi connectivity index (χ2n) is 6.35. The summed E-state index contributed by atoms with van der Waals surface area (Å²) < 4.78 is 13.0. The van der Waals surface area contributed by atoms with Crippen molar-refractivity contribution in [2.45, 2.75) is 19.9 Å². The summed E-state index contributed by atoms with van der Waals surface area (Å²) in [6, 6.07) is 5.93. The lowest BCUT2D eigenvalue weighted by molar-refractivity contribution is 0.175. The van der Waals surface area contributed by atoms with Crippen molar-refractivity contribution in [2.75, 3.05) is 11.9 Å². The van der Waals surface area contributed by atoms with Gasteiger partial charge >= 0.3 is 6.03 Å². The maximum atomic E-state index is 13.0. The SMILES string of the molecule is Cc1ccc(NC(=O)N2CC3C2[C@H]3C)cc1-c1ncc(F)cn1. The van der Waals surface area contributed by atoms with Gasteiger partial charge in [-0.15, -0.1) is 0 Å². The summed E-state index contributed by atoms with van der Waals surface area (Å²) in [6.45, 7) is 4.95. The Balaban J connectivity index is 1.54. The third-order valence-electron chi connectivity index (χ3n) is 4.89. The number of aryl methyl sites for hydroxylation is 1. The number of halogens is 1. The summed E-state index contributed by atoms with van der Waals surface area (Å²) in [5.41, 5.74) is 2.44. The van der Waals surface area contributed by atoms with Crippen LogP contribution in [0.2, 0.25) is 0 Å². The maximum absolute atomic E-state index is 13.0. The van der Waals surface area contributed by atoms with Crippen LogP contribution in [0.1, 0.15) is 12.5 Å². The van der Waals surface area contributed by atoms with Crippen molar-refractivity contribution in [2.24, 2.45) is 11.8 Å². The van der Waals surface area contributed by atoms with E-state index in [-0.39, 0.29) is 6.03 Å². The average Bonchev–Trinajstić information content (AvgIpc) is 3.00. The van der Waals surface area contributed by atoms with Crippen molar-refractivity contribution in [1.82, 2.24) is 14.9 Å². The number of urea groups is 1. The first-order valence-corrected chi connectivity index (χ1v) is 7.71. The van der Waals surface area contributed by atoms with Crippen molar-refractivity contribution in [3.05, 3.63) is 42.0 Å². The third-order valence-corrected chi connectivity index (χ3v) is 4.89. The van der Waals surface area contributed by atoms with Crippen molar-refractivity contribution in [1.29, 1.82) is 0 Å². The molecule has 2 heterocycles. The average molecular weight is 312 g/mol. The first-order valence-electron chi connectivity index (χ1n) is 7.71. The number of likely N-dealkylation sites (tertiary alicyclic amines) is 1. The number of anilines is 1. The Morgan fingerprint density at radius 2 is 2.09 bits per heavy atom. The van der Waals surface area contributed by atoms with E-state index in [0.717, 1.165) is 30.1 Å². The Kier molecular flexibility index (Phi) is 3.07. The lowest BCUT2D eigenvalue weighted by atomic mass is 10.1. The predicted octanol–water partition coefficient (Wildman–Crippen LogP) is 3.07. The summed E-state index contributed by atoms with van der Waals surface area (Å²) >= 11 is 0. The van der Waals surface area contributed by atoms with Crippen molar-refractivity contribution in [3.8, 4) is 11.4 Å². The van der Waals surface area contributed by atoms with Crippen LogP contribution in [0.3, 0.4) is 0 Å². The van der Waals surface area contributed by atoms with E-state index < -0.39 is 5.82 Å². The summed E-state index contributed by atoms with van der Waals surface area (Å²) in [7, 11) is 0. The Morgan fingerprint density at radius 3 is 2.70 bits per heavy atom. The van der Waals surface area contributed by atoms with Crippen LogP contribution in [-0.4, -0.2) is 33.5 Å². The van der Waals surface area contributed by atoms with Crippen LogP contribution in [-0.2, 0) is 0 Å². The highest BCUT2D eigenvalue weighted by molar-refractivity contribution is 5.91. The second-order valence-corrected chi connectivity index (χ2v) is 6.35. The van der Waals surface area contributed by atoms with Crippen LogP contribution in [0.5, 0.6) is 0 Å². The van der Waals surface area contributed by atoms with Gasteiger partial charge in [0.15, 0.2) is 11.6 Å². The van der Waals surface area contributed by atoms with Crippen LogP contribution < -0.4 is 5.32 Å². The van der Waals surface area contributed by atoms with Gasteiger partial charge in [-0.3, -0.25) is 0 Å². The van der Waals surface area contributed by atoms with E-state index in [1.807, 2.05) is 30.0 Å². The quantitative estimate of drug-likeness (QED) is 0.927. The minimum atomic E-state index is -0.471. The van der Waals surface area contributed by atoms with Crippen LogP contribution in [0.25, 0.3) is 11.4 Å². The van der Waals surface area contributed by atoms with Crippen LogP contribution in [0.15, 0.2) is 30.6 Å². The first kappa shape index (κ1) is 14.1. The Labute approximate surface area is 133 Å². The van der Waals surface area contributed by atoms with Crippen molar-refractivity contribution < 1.29 is 9.18 Å². The highest BCUT2D eigenvalue weighted by Crippen LogP contribution is 2.52. The fraction of sp³-hybridized carbons (Fsp3) is 0.353. The van der Waals surface area contributed by atoms with E-state index >= 15 is 0 Å². The minimum Gasteiger partial charge on any atom is -0.321 e. The van der Waals surface area contributed by atoms with Gasteiger partial charge in [-0.05, 0) is 30.5 Å². The highest BCUT2D eigenvalue weighted by Gasteiger charge is 2.61.